The SMILES string of the molecule is O=C(CCCCC(=O)OCCCC(O)O)OCCCC(O)O. The number of ether oxygens (including phenoxy) is 2. The largest absolute Gasteiger partial charge is 0.466 e. The topological polar surface area (TPSA) is 134 Å². The first-order valence-electron chi connectivity index (χ1n) is 7.45. The van der Waals surface area contributed by atoms with E-state index in [4.69, 9.17) is 29.9 Å². The van der Waals surface area contributed by atoms with Crippen molar-refractivity contribution in [1.82, 2.24) is 0 Å². The van der Waals surface area contributed by atoms with E-state index >= 15 is 0 Å². The highest BCUT2D eigenvalue weighted by molar-refractivity contribution is 5.70. The molecule has 22 heavy (non-hydrogen) atoms. The molecule has 0 aliphatic rings. The maximum Gasteiger partial charge on any atom is 0.305 e. The van der Waals surface area contributed by atoms with Crippen LogP contribution in [0, 0.1) is 0 Å². The Balaban J connectivity index is 3.39. The summed E-state index contributed by atoms with van der Waals surface area (Å²) in [5.41, 5.74) is 0. The van der Waals surface area contributed by atoms with Gasteiger partial charge in [0.25, 0.3) is 0 Å². The Morgan fingerprint density at radius 2 is 1.05 bits per heavy atom. The van der Waals surface area contributed by atoms with Crippen molar-refractivity contribution in [2.24, 2.45) is 0 Å². The molecule has 0 unspecified atom stereocenters. The number of carbonyl (C=O) groups excluding carboxylic acids is 2. The van der Waals surface area contributed by atoms with Crippen molar-refractivity contribution in [3.05, 3.63) is 0 Å². The van der Waals surface area contributed by atoms with Crippen molar-refractivity contribution in [3.63, 3.8) is 0 Å². The first kappa shape index (κ1) is 20.8. The minimum atomic E-state index is -1.38. The Hall–Kier alpha value is -1.22. The highest BCUT2D eigenvalue weighted by atomic mass is 16.5. The lowest BCUT2D eigenvalue weighted by Gasteiger charge is -2.07. The van der Waals surface area contributed by atoms with Crippen molar-refractivity contribution in [1.29, 1.82) is 0 Å². The van der Waals surface area contributed by atoms with E-state index in [9.17, 15) is 9.59 Å². The van der Waals surface area contributed by atoms with E-state index < -0.39 is 12.6 Å². The normalized spacial score (nSPS) is 11.0. The van der Waals surface area contributed by atoms with E-state index in [1.54, 1.807) is 0 Å². The van der Waals surface area contributed by atoms with Gasteiger partial charge >= 0.3 is 11.9 Å². The van der Waals surface area contributed by atoms with Crippen LogP contribution in [0.5, 0.6) is 0 Å². The fourth-order valence-corrected chi connectivity index (χ4v) is 1.59. The van der Waals surface area contributed by atoms with Gasteiger partial charge in [-0.25, -0.2) is 0 Å². The summed E-state index contributed by atoms with van der Waals surface area (Å²) in [4.78, 5) is 22.6. The van der Waals surface area contributed by atoms with Crippen LogP contribution >= 0.6 is 0 Å². The molecule has 0 rings (SSSR count). The maximum atomic E-state index is 11.3. The quantitative estimate of drug-likeness (QED) is 0.208. The number of rotatable bonds is 13. The van der Waals surface area contributed by atoms with Crippen LogP contribution in [0.2, 0.25) is 0 Å². The first-order valence-corrected chi connectivity index (χ1v) is 7.45. The third-order valence-corrected chi connectivity index (χ3v) is 2.75. The lowest BCUT2D eigenvalue weighted by molar-refractivity contribution is -0.146. The molecule has 0 aromatic rings. The van der Waals surface area contributed by atoms with E-state index in [2.05, 4.69) is 0 Å². The molecule has 0 saturated carbocycles. The van der Waals surface area contributed by atoms with E-state index in [1.807, 2.05) is 0 Å². The second-order valence-corrected chi connectivity index (χ2v) is 4.89. The third-order valence-electron chi connectivity index (χ3n) is 2.75. The molecule has 0 fully saturated rings. The molecule has 0 aliphatic heterocycles. The number of hydrogen-bond donors (Lipinski definition) is 4. The monoisotopic (exact) mass is 322 g/mol. The van der Waals surface area contributed by atoms with Crippen LogP contribution in [-0.2, 0) is 19.1 Å². The molecule has 130 valence electrons. The van der Waals surface area contributed by atoms with Crippen molar-refractivity contribution < 1.29 is 39.5 Å². The molecule has 0 spiro atoms. The molecule has 8 heteroatoms. The van der Waals surface area contributed by atoms with Gasteiger partial charge in [0.05, 0.1) is 13.2 Å². The molecular weight excluding hydrogens is 296 g/mol. The molecule has 8 nitrogen and oxygen atoms in total. The van der Waals surface area contributed by atoms with Gasteiger partial charge in [-0.1, -0.05) is 0 Å². The summed E-state index contributed by atoms with van der Waals surface area (Å²) in [7, 11) is 0. The highest BCUT2D eigenvalue weighted by Crippen LogP contribution is 2.04. The molecule has 0 amide bonds. The van der Waals surface area contributed by atoms with Gasteiger partial charge in [-0.2, -0.15) is 0 Å². The van der Waals surface area contributed by atoms with Gasteiger partial charge in [0.2, 0.25) is 0 Å². The zero-order valence-corrected chi connectivity index (χ0v) is 12.6. The third kappa shape index (κ3) is 15.2. The first-order chi connectivity index (χ1) is 10.4. The molecule has 0 heterocycles. The molecule has 0 bridgehead atoms. The molecule has 0 atom stereocenters. The fourth-order valence-electron chi connectivity index (χ4n) is 1.59. The second kappa shape index (κ2) is 13.4. The van der Waals surface area contributed by atoms with Crippen LogP contribution in [0.25, 0.3) is 0 Å². The van der Waals surface area contributed by atoms with Crippen LogP contribution in [0.1, 0.15) is 51.4 Å². The summed E-state index contributed by atoms with van der Waals surface area (Å²) in [6.45, 7) is 0.296. The molecule has 0 saturated heterocycles. The smallest absolute Gasteiger partial charge is 0.305 e. The second-order valence-electron chi connectivity index (χ2n) is 4.89. The van der Waals surface area contributed by atoms with Crippen LogP contribution in [0.4, 0.5) is 0 Å². The number of unbranched alkanes of at least 4 members (excludes halogenated alkanes) is 1. The van der Waals surface area contributed by atoms with Gasteiger partial charge in [-0.15, -0.1) is 0 Å². The zero-order valence-electron chi connectivity index (χ0n) is 12.6. The summed E-state index contributed by atoms with van der Waals surface area (Å²) in [6.07, 6.45) is -0.263. The highest BCUT2D eigenvalue weighted by Gasteiger charge is 2.07. The molecule has 0 aromatic heterocycles. The lowest BCUT2D eigenvalue weighted by Crippen LogP contribution is -2.11. The predicted octanol–water partition coefficient (Wildman–Crippen LogP) is -0.185. The average molecular weight is 322 g/mol. The summed E-state index contributed by atoms with van der Waals surface area (Å²) in [5, 5.41) is 34.4. The van der Waals surface area contributed by atoms with Gasteiger partial charge in [-0.05, 0) is 25.7 Å². The standard InChI is InChI=1S/C14H26O8/c15-11(16)5-3-9-21-13(19)7-1-2-8-14(20)22-10-4-6-12(17)18/h11-12,15-18H,1-10H2. The van der Waals surface area contributed by atoms with Crippen molar-refractivity contribution in [3.8, 4) is 0 Å². The Morgan fingerprint density at radius 3 is 1.36 bits per heavy atom. The minimum absolute atomic E-state index is 0.148. The van der Waals surface area contributed by atoms with Crippen molar-refractivity contribution in [2.45, 2.75) is 63.9 Å². The number of aliphatic hydroxyl groups is 4. The lowest BCUT2D eigenvalue weighted by atomic mass is 10.2. The van der Waals surface area contributed by atoms with Gasteiger partial charge < -0.3 is 29.9 Å². The Labute approximate surface area is 129 Å². The fraction of sp³-hybridized carbons (Fsp3) is 0.857. The number of aliphatic hydroxyl groups excluding tert-OH is 2. The molecule has 0 aliphatic carbocycles. The summed E-state index contributed by atoms with van der Waals surface area (Å²) < 4.78 is 9.75. The van der Waals surface area contributed by atoms with E-state index in [0.717, 1.165) is 0 Å². The molecular formula is C14H26O8. The van der Waals surface area contributed by atoms with Crippen molar-refractivity contribution >= 4 is 11.9 Å². The van der Waals surface area contributed by atoms with E-state index in [-0.39, 0.29) is 50.8 Å². The van der Waals surface area contributed by atoms with Crippen LogP contribution in [0.15, 0.2) is 0 Å². The molecule has 0 aromatic carbocycles. The predicted molar refractivity (Wildman–Crippen MR) is 75.3 cm³/mol. The van der Waals surface area contributed by atoms with Crippen LogP contribution in [0.3, 0.4) is 0 Å². The summed E-state index contributed by atoms with van der Waals surface area (Å²) in [6, 6.07) is 0. The minimum Gasteiger partial charge on any atom is -0.466 e. The van der Waals surface area contributed by atoms with Crippen molar-refractivity contribution in [2.75, 3.05) is 13.2 Å². The Bertz CT molecular complexity index is 273. The Kier molecular flexibility index (Phi) is 12.7. The zero-order chi connectivity index (χ0) is 16.8. The molecule has 4 N–H and O–H groups in total. The van der Waals surface area contributed by atoms with Crippen LogP contribution in [-0.4, -0.2) is 58.2 Å². The molecule has 0 radical (unpaired) electrons. The van der Waals surface area contributed by atoms with Gasteiger partial charge in [0.15, 0.2) is 12.6 Å². The van der Waals surface area contributed by atoms with E-state index in [0.29, 0.717) is 25.7 Å². The average Bonchev–Trinajstić information content (AvgIpc) is 2.44. The summed E-state index contributed by atoms with van der Waals surface area (Å²) in [5.74, 6) is -0.754. The van der Waals surface area contributed by atoms with Gasteiger partial charge in [0.1, 0.15) is 0 Å². The van der Waals surface area contributed by atoms with Gasteiger partial charge in [-0.3, -0.25) is 9.59 Å². The summed E-state index contributed by atoms with van der Waals surface area (Å²) >= 11 is 0. The number of hydrogen-bond acceptors (Lipinski definition) is 8. The number of carbonyl (C=O) groups is 2. The Morgan fingerprint density at radius 1 is 0.682 bits per heavy atom. The van der Waals surface area contributed by atoms with Crippen LogP contribution < -0.4 is 0 Å². The maximum absolute atomic E-state index is 11.3. The van der Waals surface area contributed by atoms with E-state index in [1.165, 1.54) is 0 Å². The van der Waals surface area contributed by atoms with Gasteiger partial charge in [0, 0.05) is 25.7 Å². The number of esters is 2.